The van der Waals surface area contributed by atoms with Gasteiger partial charge >= 0.3 is 5.97 Å². The van der Waals surface area contributed by atoms with Gasteiger partial charge in [-0.2, -0.15) is 0 Å². The van der Waals surface area contributed by atoms with Crippen LogP contribution in [0.1, 0.15) is 50.7 Å². The maximum absolute atomic E-state index is 11.8. The first kappa shape index (κ1) is 17.3. The summed E-state index contributed by atoms with van der Waals surface area (Å²) in [6.45, 7) is 4.20. The molecule has 4 heteroatoms. The van der Waals surface area contributed by atoms with E-state index in [1.54, 1.807) is 13.0 Å². The van der Waals surface area contributed by atoms with Crippen molar-refractivity contribution >= 4 is 11.7 Å². The van der Waals surface area contributed by atoms with E-state index in [1.165, 1.54) is 18.4 Å². The zero-order valence-electron chi connectivity index (χ0n) is 14.0. The van der Waals surface area contributed by atoms with E-state index in [9.17, 15) is 4.79 Å². The number of aliphatic imine (C=N–C) groups is 1. The van der Waals surface area contributed by atoms with Gasteiger partial charge in [-0.1, -0.05) is 44.0 Å². The van der Waals surface area contributed by atoms with Gasteiger partial charge in [0.25, 0.3) is 0 Å². The molecule has 0 atom stereocenters. The van der Waals surface area contributed by atoms with Gasteiger partial charge in [-0.05, 0) is 37.8 Å². The van der Waals surface area contributed by atoms with Crippen LogP contribution in [0.25, 0.3) is 0 Å². The van der Waals surface area contributed by atoms with Gasteiger partial charge in [0.1, 0.15) is 5.70 Å². The molecule has 1 aromatic rings. The van der Waals surface area contributed by atoms with Gasteiger partial charge in [-0.15, -0.1) is 0 Å². The molecule has 4 nitrogen and oxygen atoms in total. The fourth-order valence-electron chi connectivity index (χ4n) is 2.91. The minimum atomic E-state index is -0.486. The van der Waals surface area contributed by atoms with Crippen LogP contribution in [0.4, 0.5) is 0 Å². The molecular weight excluding hydrogens is 288 g/mol. The predicted molar refractivity (Wildman–Crippen MR) is 93.5 cm³/mol. The Morgan fingerprint density at radius 3 is 2.65 bits per heavy atom. The molecule has 0 amide bonds. The normalized spacial score (nSPS) is 16.6. The second kappa shape index (κ2) is 8.51. The Bertz CT molecular complexity index is 599. The van der Waals surface area contributed by atoms with Gasteiger partial charge in [0.05, 0.1) is 18.4 Å². The van der Waals surface area contributed by atoms with Gasteiger partial charge < -0.3 is 10.5 Å². The van der Waals surface area contributed by atoms with Crippen LogP contribution in [0.15, 0.2) is 41.0 Å². The van der Waals surface area contributed by atoms with Crippen LogP contribution >= 0.6 is 0 Å². The molecule has 0 aliphatic heterocycles. The predicted octanol–water partition coefficient (Wildman–Crippen LogP) is 3.39. The number of benzene rings is 1. The van der Waals surface area contributed by atoms with E-state index in [1.807, 2.05) is 18.2 Å². The molecule has 1 aromatic carbocycles. The number of hydrogen-bond acceptors (Lipinski definition) is 4. The Labute approximate surface area is 138 Å². The molecule has 0 heterocycles. The molecule has 0 saturated heterocycles. The average molecular weight is 314 g/mol. The summed E-state index contributed by atoms with van der Waals surface area (Å²) in [5.74, 6) is -0.486. The molecule has 1 aliphatic rings. The van der Waals surface area contributed by atoms with Crippen LogP contribution in [0, 0.1) is 0 Å². The first-order valence-corrected chi connectivity index (χ1v) is 8.46. The van der Waals surface area contributed by atoms with E-state index < -0.39 is 5.97 Å². The highest BCUT2D eigenvalue weighted by Gasteiger charge is 2.17. The van der Waals surface area contributed by atoms with Gasteiger partial charge in [0, 0.05) is 5.56 Å². The van der Waals surface area contributed by atoms with Crippen molar-refractivity contribution in [1.82, 2.24) is 0 Å². The van der Waals surface area contributed by atoms with E-state index in [0.29, 0.717) is 12.6 Å². The minimum absolute atomic E-state index is 0.106. The highest BCUT2D eigenvalue weighted by atomic mass is 16.5. The molecule has 2 N–H and O–H groups in total. The average Bonchev–Trinajstić information content (AvgIpc) is 3.07. The number of esters is 1. The van der Waals surface area contributed by atoms with Gasteiger partial charge in [-0.25, -0.2) is 4.79 Å². The van der Waals surface area contributed by atoms with E-state index in [2.05, 4.69) is 13.0 Å². The molecule has 0 bridgehead atoms. The zero-order valence-corrected chi connectivity index (χ0v) is 14.0. The van der Waals surface area contributed by atoms with E-state index >= 15 is 0 Å². The monoisotopic (exact) mass is 314 g/mol. The van der Waals surface area contributed by atoms with Crippen molar-refractivity contribution in [3.8, 4) is 0 Å². The fraction of sp³-hybridized carbons (Fsp3) is 0.474. The van der Waals surface area contributed by atoms with Crippen molar-refractivity contribution in [1.29, 1.82) is 0 Å². The molecule has 0 unspecified atom stereocenters. The molecular formula is C19H26N2O2. The van der Waals surface area contributed by atoms with Crippen LogP contribution in [0.2, 0.25) is 0 Å². The lowest BCUT2D eigenvalue weighted by Gasteiger charge is -2.12. The summed E-state index contributed by atoms with van der Waals surface area (Å²) < 4.78 is 4.98. The summed E-state index contributed by atoms with van der Waals surface area (Å²) in [4.78, 5) is 16.7. The smallest absolute Gasteiger partial charge is 0.354 e. The third-order valence-corrected chi connectivity index (χ3v) is 4.12. The summed E-state index contributed by atoms with van der Waals surface area (Å²) in [5.41, 5.74) is 9.07. The largest absolute Gasteiger partial charge is 0.461 e. The van der Waals surface area contributed by atoms with Crippen molar-refractivity contribution in [2.24, 2.45) is 10.7 Å². The molecule has 23 heavy (non-hydrogen) atoms. The Morgan fingerprint density at radius 2 is 2.00 bits per heavy atom. The van der Waals surface area contributed by atoms with Gasteiger partial charge in [-0.3, -0.25) is 4.99 Å². The van der Waals surface area contributed by atoms with Crippen molar-refractivity contribution < 1.29 is 9.53 Å². The number of rotatable bonds is 6. The summed E-state index contributed by atoms with van der Waals surface area (Å²) in [6, 6.07) is 8.47. The Balaban J connectivity index is 2.39. The fourth-order valence-corrected chi connectivity index (χ4v) is 2.91. The Hall–Kier alpha value is -2.10. The molecule has 1 saturated carbocycles. The topological polar surface area (TPSA) is 64.7 Å². The number of carbonyl (C=O) groups excluding carboxylic acids is 1. The molecule has 124 valence electrons. The van der Waals surface area contributed by atoms with Crippen LogP contribution in [-0.4, -0.2) is 24.3 Å². The molecule has 1 aliphatic carbocycles. The minimum Gasteiger partial charge on any atom is -0.461 e. The number of ether oxygens (including phenoxy) is 1. The lowest BCUT2D eigenvalue weighted by Crippen LogP contribution is -2.18. The summed E-state index contributed by atoms with van der Waals surface area (Å²) in [7, 11) is 0. The highest BCUT2D eigenvalue weighted by Crippen LogP contribution is 2.23. The summed E-state index contributed by atoms with van der Waals surface area (Å²) in [5, 5.41) is 0. The van der Waals surface area contributed by atoms with Crippen molar-refractivity contribution in [2.75, 3.05) is 6.61 Å². The number of aryl methyl sites for hydroxylation is 1. The SMILES string of the molecule is CCOC(=O)C(N)=CC(=NC1CCCC1)c1ccccc1CC. The first-order chi connectivity index (χ1) is 11.2. The third kappa shape index (κ3) is 4.68. The number of allylic oxidation sites excluding steroid dienone is 1. The van der Waals surface area contributed by atoms with Crippen LogP contribution < -0.4 is 5.73 Å². The quantitative estimate of drug-likeness (QED) is 0.497. The number of carbonyl (C=O) groups is 1. The second-order valence-corrected chi connectivity index (χ2v) is 5.78. The Kier molecular flexibility index (Phi) is 6.39. The standard InChI is InChI=1S/C19H26N2O2/c1-3-14-9-5-8-12-16(14)18(21-15-10-6-7-11-15)13-17(20)19(22)23-4-2/h5,8-9,12-13,15H,3-4,6-7,10-11,20H2,1-2H3. The van der Waals surface area contributed by atoms with Crippen LogP contribution in [0.5, 0.6) is 0 Å². The van der Waals surface area contributed by atoms with E-state index in [4.69, 9.17) is 15.5 Å². The zero-order chi connectivity index (χ0) is 16.7. The maximum Gasteiger partial charge on any atom is 0.354 e. The van der Waals surface area contributed by atoms with E-state index in [0.717, 1.165) is 30.5 Å². The second-order valence-electron chi connectivity index (χ2n) is 5.78. The van der Waals surface area contributed by atoms with Crippen molar-refractivity contribution in [3.05, 3.63) is 47.2 Å². The molecule has 0 radical (unpaired) electrons. The van der Waals surface area contributed by atoms with Crippen molar-refractivity contribution in [2.45, 2.75) is 52.0 Å². The van der Waals surface area contributed by atoms with E-state index in [-0.39, 0.29) is 5.70 Å². The Morgan fingerprint density at radius 1 is 1.30 bits per heavy atom. The van der Waals surface area contributed by atoms with Crippen LogP contribution in [0.3, 0.4) is 0 Å². The van der Waals surface area contributed by atoms with Gasteiger partial charge in [0.2, 0.25) is 0 Å². The number of nitrogens with two attached hydrogens (primary N) is 1. The lowest BCUT2D eigenvalue weighted by molar-refractivity contribution is -0.138. The molecule has 2 rings (SSSR count). The molecule has 0 spiro atoms. The van der Waals surface area contributed by atoms with Crippen LogP contribution in [-0.2, 0) is 16.0 Å². The summed E-state index contributed by atoms with van der Waals surface area (Å²) >= 11 is 0. The third-order valence-electron chi connectivity index (χ3n) is 4.12. The summed E-state index contributed by atoms with van der Waals surface area (Å²) in [6.07, 6.45) is 7.22. The number of hydrogen-bond donors (Lipinski definition) is 1. The lowest BCUT2D eigenvalue weighted by atomic mass is 10.00. The molecule has 0 aromatic heterocycles. The first-order valence-electron chi connectivity index (χ1n) is 8.46. The van der Waals surface area contributed by atoms with Crippen molar-refractivity contribution in [3.63, 3.8) is 0 Å². The van der Waals surface area contributed by atoms with Gasteiger partial charge in [0.15, 0.2) is 0 Å². The maximum atomic E-state index is 11.8. The highest BCUT2D eigenvalue weighted by molar-refractivity contribution is 6.12. The molecule has 1 fully saturated rings. The number of nitrogens with zero attached hydrogens (tertiary/aromatic N) is 1.